The molecule has 0 radical (unpaired) electrons. The molecule has 0 fully saturated rings. The highest BCUT2D eigenvalue weighted by atomic mass is 16.6. The van der Waals surface area contributed by atoms with Gasteiger partial charge in [0.1, 0.15) is 5.75 Å². The normalized spacial score (nSPS) is 18.0. The smallest absolute Gasteiger partial charge is 0.363 e. The average molecular weight is 354 g/mol. The van der Waals surface area contributed by atoms with Crippen molar-refractivity contribution in [3.63, 3.8) is 0 Å². The molecule has 1 heterocycles. The van der Waals surface area contributed by atoms with Gasteiger partial charge in [0.25, 0.3) is 5.60 Å². The number of hydrogen-bond donors (Lipinski definition) is 0. The van der Waals surface area contributed by atoms with Crippen LogP contribution in [0.2, 0.25) is 0 Å². The second kappa shape index (κ2) is 7.00. The highest BCUT2D eigenvalue weighted by molar-refractivity contribution is 6.20. The fourth-order valence-corrected chi connectivity index (χ4v) is 2.98. The molecule has 0 N–H and O–H groups in total. The van der Waals surface area contributed by atoms with Crippen LogP contribution in [0.25, 0.3) is 0 Å². The molecule has 0 saturated carbocycles. The number of Topliss-reactive ketones (excluding diaryl/α,β-unsaturated/α-hetero) is 1. The molecule has 0 bridgehead atoms. The molecular formula is C20H18O6. The predicted molar refractivity (Wildman–Crippen MR) is 92.1 cm³/mol. The number of fused-ring (bicyclic) bond motifs is 1. The van der Waals surface area contributed by atoms with Gasteiger partial charge in [0, 0.05) is 5.56 Å². The zero-order valence-corrected chi connectivity index (χ0v) is 14.5. The van der Waals surface area contributed by atoms with E-state index in [2.05, 4.69) is 0 Å². The van der Waals surface area contributed by atoms with E-state index in [1.807, 2.05) is 0 Å². The molecule has 2 aromatic carbocycles. The van der Waals surface area contributed by atoms with Crippen LogP contribution in [0.3, 0.4) is 0 Å². The third-order valence-corrected chi connectivity index (χ3v) is 4.08. The molecule has 1 aliphatic rings. The number of rotatable bonds is 5. The van der Waals surface area contributed by atoms with Crippen LogP contribution >= 0.6 is 0 Å². The Balaban J connectivity index is 2.22. The van der Waals surface area contributed by atoms with Crippen LogP contribution in [-0.2, 0) is 19.9 Å². The van der Waals surface area contributed by atoms with E-state index < -0.39 is 23.3 Å². The van der Waals surface area contributed by atoms with Gasteiger partial charge in [-0.1, -0.05) is 30.3 Å². The maximum atomic E-state index is 13.2. The number of hydrogen-bond acceptors (Lipinski definition) is 6. The molecule has 1 atom stereocenters. The zero-order valence-electron chi connectivity index (χ0n) is 14.5. The molecule has 26 heavy (non-hydrogen) atoms. The van der Waals surface area contributed by atoms with Gasteiger partial charge in [0.05, 0.1) is 24.3 Å². The summed E-state index contributed by atoms with van der Waals surface area (Å²) in [5.41, 5.74) is -1.61. The summed E-state index contributed by atoms with van der Waals surface area (Å²) < 4.78 is 16.1. The van der Waals surface area contributed by atoms with Crippen molar-refractivity contribution >= 4 is 17.7 Å². The largest absolute Gasteiger partial charge is 0.462 e. The lowest BCUT2D eigenvalue weighted by atomic mass is 9.84. The third kappa shape index (κ3) is 2.63. The topological polar surface area (TPSA) is 78.9 Å². The van der Waals surface area contributed by atoms with Crippen molar-refractivity contribution in [3.05, 3.63) is 65.2 Å². The van der Waals surface area contributed by atoms with E-state index in [0.29, 0.717) is 0 Å². The lowest BCUT2D eigenvalue weighted by Crippen LogP contribution is -2.47. The number of esters is 2. The van der Waals surface area contributed by atoms with Crippen molar-refractivity contribution < 1.29 is 28.6 Å². The van der Waals surface area contributed by atoms with Gasteiger partial charge in [0.2, 0.25) is 5.78 Å². The Hall–Kier alpha value is -3.15. The van der Waals surface area contributed by atoms with E-state index in [9.17, 15) is 14.4 Å². The Morgan fingerprint density at radius 1 is 0.962 bits per heavy atom. The predicted octanol–water partition coefficient (Wildman–Crippen LogP) is 2.90. The van der Waals surface area contributed by atoms with E-state index in [1.54, 1.807) is 50.2 Å². The Labute approximate surface area is 150 Å². The summed E-state index contributed by atoms with van der Waals surface area (Å²) in [5, 5.41) is 0. The van der Waals surface area contributed by atoms with E-state index in [0.717, 1.165) is 0 Å². The molecule has 6 heteroatoms. The standard InChI is InChI=1S/C20H18O6/c1-3-24-18(22)13-9-5-7-11-15(13)20(19(23)25-4-2)17(21)14-10-6-8-12-16(14)26-20/h5-12H,3-4H2,1-2H3. The number of carbonyl (C=O) groups is 3. The SMILES string of the molecule is CCOC(=O)c1ccccc1C1(C(=O)OCC)Oc2ccccc2C1=O. The highest BCUT2D eigenvalue weighted by Gasteiger charge is 2.58. The van der Waals surface area contributed by atoms with Crippen LogP contribution in [0, 0.1) is 0 Å². The van der Waals surface area contributed by atoms with E-state index in [1.165, 1.54) is 12.1 Å². The fraction of sp³-hybridized carbons (Fsp3) is 0.250. The minimum absolute atomic E-state index is 0.0646. The van der Waals surface area contributed by atoms with E-state index in [-0.39, 0.29) is 35.7 Å². The van der Waals surface area contributed by atoms with Crippen LogP contribution in [0.1, 0.15) is 40.1 Å². The maximum absolute atomic E-state index is 13.2. The van der Waals surface area contributed by atoms with Crippen LogP contribution < -0.4 is 4.74 Å². The van der Waals surface area contributed by atoms with Crippen LogP contribution in [0.15, 0.2) is 48.5 Å². The minimum atomic E-state index is -2.07. The van der Waals surface area contributed by atoms with Crippen molar-refractivity contribution in [2.45, 2.75) is 19.4 Å². The summed E-state index contributed by atoms with van der Waals surface area (Å²) >= 11 is 0. The second-order valence-corrected chi connectivity index (χ2v) is 5.60. The number of para-hydroxylation sites is 1. The van der Waals surface area contributed by atoms with Gasteiger partial charge in [-0.3, -0.25) is 4.79 Å². The molecule has 0 spiro atoms. The number of ether oxygens (including phenoxy) is 3. The van der Waals surface area contributed by atoms with Gasteiger partial charge in [-0.2, -0.15) is 0 Å². The first-order chi connectivity index (χ1) is 12.6. The molecule has 0 amide bonds. The molecule has 6 nitrogen and oxygen atoms in total. The Bertz CT molecular complexity index is 872. The van der Waals surface area contributed by atoms with Crippen molar-refractivity contribution in [1.82, 2.24) is 0 Å². The Morgan fingerprint density at radius 2 is 1.62 bits per heavy atom. The van der Waals surface area contributed by atoms with Crippen molar-refractivity contribution in [2.75, 3.05) is 13.2 Å². The van der Waals surface area contributed by atoms with Gasteiger partial charge in [-0.05, 0) is 32.0 Å². The number of benzene rings is 2. The number of carbonyl (C=O) groups excluding carboxylic acids is 3. The molecule has 0 aromatic heterocycles. The Morgan fingerprint density at radius 3 is 2.31 bits per heavy atom. The van der Waals surface area contributed by atoms with Gasteiger partial charge in [-0.25, -0.2) is 9.59 Å². The molecule has 134 valence electrons. The second-order valence-electron chi connectivity index (χ2n) is 5.60. The number of ketones is 1. The summed E-state index contributed by atoms with van der Waals surface area (Å²) in [7, 11) is 0. The van der Waals surface area contributed by atoms with Crippen molar-refractivity contribution in [1.29, 1.82) is 0 Å². The van der Waals surface area contributed by atoms with Crippen molar-refractivity contribution in [2.24, 2.45) is 0 Å². The van der Waals surface area contributed by atoms with Gasteiger partial charge < -0.3 is 14.2 Å². The van der Waals surface area contributed by atoms with Crippen molar-refractivity contribution in [3.8, 4) is 5.75 Å². The average Bonchev–Trinajstić information content (AvgIpc) is 2.96. The molecular weight excluding hydrogens is 336 g/mol. The molecule has 2 aromatic rings. The maximum Gasteiger partial charge on any atom is 0.363 e. The lowest BCUT2D eigenvalue weighted by Gasteiger charge is -2.26. The fourth-order valence-electron chi connectivity index (χ4n) is 2.98. The highest BCUT2D eigenvalue weighted by Crippen LogP contribution is 2.43. The lowest BCUT2D eigenvalue weighted by molar-refractivity contribution is -0.157. The van der Waals surface area contributed by atoms with Crippen LogP contribution in [-0.4, -0.2) is 30.9 Å². The van der Waals surface area contributed by atoms with Gasteiger partial charge >= 0.3 is 11.9 Å². The van der Waals surface area contributed by atoms with Gasteiger partial charge in [-0.15, -0.1) is 0 Å². The quantitative estimate of drug-likeness (QED) is 0.607. The first kappa shape index (κ1) is 17.7. The minimum Gasteiger partial charge on any atom is -0.462 e. The Kier molecular flexibility index (Phi) is 4.75. The molecule has 1 aliphatic heterocycles. The molecule has 1 unspecified atom stereocenters. The molecule has 0 aliphatic carbocycles. The first-order valence-electron chi connectivity index (χ1n) is 8.33. The summed E-state index contributed by atoms with van der Waals surface area (Å²) in [4.78, 5) is 38.4. The monoisotopic (exact) mass is 354 g/mol. The van der Waals surface area contributed by atoms with Crippen LogP contribution in [0.4, 0.5) is 0 Å². The third-order valence-electron chi connectivity index (χ3n) is 4.08. The summed E-state index contributed by atoms with van der Waals surface area (Å²) in [5.74, 6) is -1.80. The van der Waals surface area contributed by atoms with E-state index in [4.69, 9.17) is 14.2 Å². The summed E-state index contributed by atoms with van der Waals surface area (Å²) in [6.45, 7) is 3.54. The molecule has 0 saturated heterocycles. The zero-order chi connectivity index (χ0) is 18.7. The summed E-state index contributed by atoms with van der Waals surface area (Å²) in [6.07, 6.45) is 0. The van der Waals surface area contributed by atoms with Gasteiger partial charge in [0.15, 0.2) is 0 Å². The van der Waals surface area contributed by atoms with Crippen LogP contribution in [0.5, 0.6) is 5.75 Å². The van der Waals surface area contributed by atoms with E-state index >= 15 is 0 Å². The summed E-state index contributed by atoms with van der Waals surface area (Å²) in [6, 6.07) is 12.8. The molecule has 3 rings (SSSR count). The first-order valence-corrected chi connectivity index (χ1v) is 8.33.